The Morgan fingerprint density at radius 3 is 2.48 bits per heavy atom. The number of rotatable bonds is 6. The van der Waals surface area contributed by atoms with Gasteiger partial charge in [0.25, 0.3) is 0 Å². The largest absolute Gasteiger partial charge is 0.348 e. The summed E-state index contributed by atoms with van der Waals surface area (Å²) >= 11 is 0. The van der Waals surface area contributed by atoms with Gasteiger partial charge in [-0.25, -0.2) is 9.18 Å². The summed E-state index contributed by atoms with van der Waals surface area (Å²) in [6, 6.07) is 13.4. The Morgan fingerprint density at radius 1 is 1.07 bits per heavy atom. The van der Waals surface area contributed by atoms with Crippen molar-refractivity contribution in [1.82, 2.24) is 10.2 Å². The Bertz CT molecular complexity index is 867. The molecule has 0 N–H and O–H groups in total. The van der Waals surface area contributed by atoms with E-state index in [2.05, 4.69) is 10.2 Å². The fraction of sp³-hybridized carbons (Fsp3) is 0.364. The number of hydrogen-bond donors (Lipinski definition) is 0. The van der Waals surface area contributed by atoms with Crippen LogP contribution < -0.4 is 10.2 Å². The number of piperidine rings is 1. The number of hydrogen-bond acceptors (Lipinski definition) is 3. The van der Waals surface area contributed by atoms with Crippen LogP contribution in [0.25, 0.3) is 0 Å². The van der Waals surface area contributed by atoms with E-state index in [1.165, 1.54) is 12.1 Å². The van der Waals surface area contributed by atoms with Gasteiger partial charge < -0.3 is 4.90 Å². The molecule has 7 heteroatoms. The lowest BCUT2D eigenvalue weighted by Crippen LogP contribution is -2.46. The zero-order valence-electron chi connectivity index (χ0n) is 16.1. The van der Waals surface area contributed by atoms with Gasteiger partial charge in [-0.2, -0.15) is 5.32 Å². The molecule has 2 aliphatic heterocycles. The molecule has 0 unspecified atom stereocenters. The second-order valence-corrected chi connectivity index (χ2v) is 7.36. The van der Waals surface area contributed by atoms with Crippen LogP contribution >= 0.6 is 12.4 Å². The van der Waals surface area contributed by atoms with Gasteiger partial charge in [0.1, 0.15) is 5.82 Å². The van der Waals surface area contributed by atoms with E-state index in [0.717, 1.165) is 50.3 Å². The third-order valence-electron chi connectivity index (χ3n) is 5.53. The number of para-hydroxylation sites is 2. The molecule has 0 spiro atoms. The highest BCUT2D eigenvalue weighted by atomic mass is 35.5. The van der Waals surface area contributed by atoms with Crippen molar-refractivity contribution in [2.24, 2.45) is 0 Å². The van der Waals surface area contributed by atoms with Crippen LogP contribution in [-0.4, -0.2) is 42.4 Å². The van der Waals surface area contributed by atoms with Gasteiger partial charge in [0.15, 0.2) is 5.78 Å². The Labute approximate surface area is 176 Å². The van der Waals surface area contributed by atoms with E-state index < -0.39 is 0 Å². The van der Waals surface area contributed by atoms with E-state index in [1.54, 1.807) is 12.1 Å². The van der Waals surface area contributed by atoms with Gasteiger partial charge >= 0.3 is 6.03 Å². The van der Waals surface area contributed by atoms with Crippen LogP contribution in [0, 0.1) is 5.82 Å². The number of halogens is 2. The van der Waals surface area contributed by atoms with Crippen LogP contribution in [-0.2, 0) is 0 Å². The fourth-order valence-electron chi connectivity index (χ4n) is 4.02. The highest BCUT2D eigenvalue weighted by Crippen LogP contribution is 2.35. The van der Waals surface area contributed by atoms with Crippen LogP contribution in [0.1, 0.15) is 36.0 Å². The summed E-state index contributed by atoms with van der Waals surface area (Å²) in [5.74, 6) is -0.276. The molecule has 2 aromatic carbocycles. The van der Waals surface area contributed by atoms with Crippen molar-refractivity contribution in [3.8, 4) is 0 Å². The van der Waals surface area contributed by atoms with Crippen LogP contribution in [0.5, 0.6) is 0 Å². The lowest BCUT2D eigenvalue weighted by molar-refractivity contribution is 0.0972. The first-order valence-corrected chi connectivity index (χ1v) is 9.77. The van der Waals surface area contributed by atoms with Gasteiger partial charge in [-0.3, -0.25) is 9.69 Å². The summed E-state index contributed by atoms with van der Waals surface area (Å²) in [5, 5.41) is 4.14. The second-order valence-electron chi connectivity index (χ2n) is 7.36. The monoisotopic (exact) mass is 416 g/mol. The summed E-state index contributed by atoms with van der Waals surface area (Å²) in [4.78, 5) is 28.7. The molecule has 0 atom stereocenters. The Balaban J connectivity index is 0.00000240. The number of anilines is 1. The maximum atomic E-state index is 12.9. The minimum absolute atomic E-state index is 0. The summed E-state index contributed by atoms with van der Waals surface area (Å²) in [6.07, 6.45) is 3.05. The van der Waals surface area contributed by atoms with Crippen molar-refractivity contribution in [2.75, 3.05) is 24.5 Å². The third-order valence-corrected chi connectivity index (χ3v) is 5.53. The van der Waals surface area contributed by atoms with Gasteiger partial charge in [-0.1, -0.05) is 12.1 Å². The number of benzene rings is 2. The minimum atomic E-state index is -0.327. The molecule has 0 saturated carbocycles. The molecule has 5 nitrogen and oxygen atoms in total. The number of Topliss-reactive ketones (excluding diaryl/α,β-unsaturated/α-hetero) is 1. The van der Waals surface area contributed by atoms with Crippen molar-refractivity contribution < 1.29 is 14.0 Å². The molecule has 0 bridgehead atoms. The summed E-state index contributed by atoms with van der Waals surface area (Å²) in [6.45, 7) is 2.66. The second kappa shape index (κ2) is 9.37. The number of carbonyl (C=O) groups excluding carboxylic acids is 2. The Hall–Kier alpha value is -2.44. The number of ketones is 1. The van der Waals surface area contributed by atoms with Gasteiger partial charge in [-0.05, 0) is 62.2 Å². The molecular formula is C22H24ClFN3O2. The number of urea groups is 1. The predicted molar refractivity (Wildman–Crippen MR) is 113 cm³/mol. The maximum absolute atomic E-state index is 12.9. The van der Waals surface area contributed by atoms with Crippen molar-refractivity contribution >= 4 is 35.6 Å². The average molecular weight is 417 g/mol. The number of carbonyl (C=O) groups is 2. The molecule has 29 heavy (non-hydrogen) atoms. The minimum Gasteiger partial charge on any atom is -0.303 e. The Morgan fingerprint density at radius 2 is 1.76 bits per heavy atom. The third kappa shape index (κ3) is 4.77. The molecule has 0 aromatic heterocycles. The van der Waals surface area contributed by atoms with E-state index in [1.807, 2.05) is 29.2 Å². The van der Waals surface area contributed by atoms with Gasteiger partial charge in [0.05, 0.1) is 11.4 Å². The highest BCUT2D eigenvalue weighted by Gasteiger charge is 2.35. The first kappa shape index (κ1) is 21.3. The van der Waals surface area contributed by atoms with Gasteiger partial charge in [0, 0.05) is 31.1 Å². The molecule has 1 radical (unpaired) electrons. The highest BCUT2D eigenvalue weighted by molar-refractivity contribution is 6.04. The molecule has 2 heterocycles. The average Bonchev–Trinajstić information content (AvgIpc) is 3.05. The molecule has 2 aromatic rings. The van der Waals surface area contributed by atoms with E-state index in [-0.39, 0.29) is 36.1 Å². The fourth-order valence-corrected chi connectivity index (χ4v) is 4.02. The van der Waals surface area contributed by atoms with Gasteiger partial charge in [-0.15, -0.1) is 12.4 Å². The van der Waals surface area contributed by atoms with Gasteiger partial charge in [0.2, 0.25) is 0 Å². The smallest absolute Gasteiger partial charge is 0.303 e. The van der Waals surface area contributed by atoms with Crippen LogP contribution in [0.4, 0.5) is 20.6 Å². The van der Waals surface area contributed by atoms with Crippen LogP contribution in [0.15, 0.2) is 48.5 Å². The van der Waals surface area contributed by atoms with Crippen molar-refractivity contribution in [1.29, 1.82) is 0 Å². The molecule has 153 valence electrons. The lowest BCUT2D eigenvalue weighted by Gasteiger charge is -2.36. The quantitative estimate of drug-likeness (QED) is 0.649. The topological polar surface area (TPSA) is 54.7 Å². The lowest BCUT2D eigenvalue weighted by atomic mass is 10.0. The van der Waals surface area contributed by atoms with Crippen LogP contribution in [0.3, 0.4) is 0 Å². The molecule has 0 aliphatic carbocycles. The van der Waals surface area contributed by atoms with Crippen molar-refractivity contribution in [3.63, 3.8) is 0 Å². The summed E-state index contributed by atoms with van der Waals surface area (Å²) < 4.78 is 12.9. The number of likely N-dealkylation sites (tertiary alicyclic amines) is 1. The van der Waals surface area contributed by atoms with E-state index >= 15 is 0 Å². The standard InChI is InChI=1S/C22H23FN3O2.ClH/c23-17-9-7-16(8-10-17)21(27)6-3-13-25-14-11-18(12-15-25)26-20-5-2-1-4-19(20)24-22(26)28;/h1-2,4-5,7-10,18H,3,6,11-15H2;1H. The normalized spacial score (nSPS) is 16.9. The van der Waals surface area contributed by atoms with Crippen molar-refractivity contribution in [2.45, 2.75) is 31.7 Å². The number of nitrogens with zero attached hydrogens (tertiary/aromatic N) is 3. The molecule has 2 aliphatic rings. The molecule has 2 amide bonds. The zero-order chi connectivity index (χ0) is 19.5. The first-order valence-electron chi connectivity index (χ1n) is 9.77. The molecule has 1 saturated heterocycles. The van der Waals surface area contributed by atoms with E-state index in [9.17, 15) is 14.0 Å². The number of amides is 2. The SMILES string of the molecule is Cl.O=C(CCCN1CCC(N2C(=O)[N]c3ccccc32)CC1)c1ccc(F)cc1. The molecule has 1 fully saturated rings. The maximum Gasteiger partial charge on any atom is 0.348 e. The zero-order valence-corrected chi connectivity index (χ0v) is 16.9. The Kier molecular flexibility index (Phi) is 6.87. The van der Waals surface area contributed by atoms with Crippen molar-refractivity contribution in [3.05, 3.63) is 59.9 Å². The molecular weight excluding hydrogens is 393 g/mol. The van der Waals surface area contributed by atoms with E-state index in [0.29, 0.717) is 12.0 Å². The van der Waals surface area contributed by atoms with E-state index in [4.69, 9.17) is 0 Å². The summed E-state index contributed by atoms with van der Waals surface area (Å²) in [7, 11) is 0. The summed E-state index contributed by atoms with van der Waals surface area (Å²) in [5.41, 5.74) is 2.24. The van der Waals surface area contributed by atoms with Crippen LogP contribution in [0.2, 0.25) is 0 Å². The molecule has 4 rings (SSSR count). The predicted octanol–water partition coefficient (Wildman–Crippen LogP) is 4.55. The first-order chi connectivity index (χ1) is 13.6. The number of fused-ring (bicyclic) bond motifs is 1.